The van der Waals surface area contributed by atoms with E-state index < -0.39 is 40.6 Å². The van der Waals surface area contributed by atoms with Gasteiger partial charge in [0.05, 0.1) is 5.56 Å². The Morgan fingerprint density at radius 3 is 2.43 bits per heavy atom. The van der Waals surface area contributed by atoms with Gasteiger partial charge in [-0.25, -0.2) is 8.78 Å². The topological polar surface area (TPSA) is 52.3 Å². The van der Waals surface area contributed by atoms with Crippen LogP contribution in [-0.4, -0.2) is 5.91 Å². The van der Waals surface area contributed by atoms with E-state index in [1.165, 1.54) is 30.3 Å². The summed E-state index contributed by atoms with van der Waals surface area (Å²) in [6.45, 7) is -0.246. The SMILES string of the molecule is NC(=O)c1c(F)ccc(OCc2cccc(-c3ccc(Cl)cc3C(F)(F)F)c2)c1F. The van der Waals surface area contributed by atoms with Crippen LogP contribution < -0.4 is 10.5 Å². The van der Waals surface area contributed by atoms with Gasteiger partial charge in [-0.1, -0.05) is 35.9 Å². The maximum absolute atomic E-state index is 14.2. The molecule has 0 aliphatic heterocycles. The maximum atomic E-state index is 14.2. The number of rotatable bonds is 5. The highest BCUT2D eigenvalue weighted by Crippen LogP contribution is 2.38. The molecular formula is C21H13ClF5NO2. The third-order valence-corrected chi connectivity index (χ3v) is 4.46. The lowest BCUT2D eigenvalue weighted by Gasteiger charge is -2.15. The van der Waals surface area contributed by atoms with E-state index in [0.29, 0.717) is 5.56 Å². The molecule has 0 saturated carbocycles. The van der Waals surface area contributed by atoms with Gasteiger partial charge >= 0.3 is 6.18 Å². The Hall–Kier alpha value is -3.13. The summed E-state index contributed by atoms with van der Waals surface area (Å²) in [5.74, 6) is -4.09. The molecule has 3 aromatic carbocycles. The van der Waals surface area contributed by atoms with Crippen LogP contribution in [0.25, 0.3) is 11.1 Å². The first-order chi connectivity index (χ1) is 14.1. The predicted molar refractivity (Wildman–Crippen MR) is 101 cm³/mol. The third-order valence-electron chi connectivity index (χ3n) is 4.22. The second kappa shape index (κ2) is 8.31. The number of ether oxygens (including phenoxy) is 1. The van der Waals surface area contributed by atoms with Gasteiger partial charge in [-0.15, -0.1) is 0 Å². The van der Waals surface area contributed by atoms with E-state index in [0.717, 1.165) is 18.2 Å². The monoisotopic (exact) mass is 441 g/mol. The molecule has 156 valence electrons. The lowest BCUT2D eigenvalue weighted by atomic mass is 9.98. The first-order valence-electron chi connectivity index (χ1n) is 8.44. The smallest absolute Gasteiger partial charge is 0.417 e. The number of nitrogens with two attached hydrogens (primary N) is 1. The number of carbonyl (C=O) groups excluding carboxylic acids is 1. The van der Waals surface area contributed by atoms with Crippen LogP contribution in [0, 0.1) is 11.6 Å². The Labute approximate surface area is 172 Å². The van der Waals surface area contributed by atoms with E-state index >= 15 is 0 Å². The van der Waals surface area contributed by atoms with Gasteiger partial charge in [0.2, 0.25) is 0 Å². The largest absolute Gasteiger partial charge is 0.486 e. The fourth-order valence-electron chi connectivity index (χ4n) is 2.86. The van der Waals surface area contributed by atoms with Crippen molar-refractivity contribution in [2.24, 2.45) is 5.73 Å². The summed E-state index contributed by atoms with van der Waals surface area (Å²) in [5, 5.41) is -0.0531. The zero-order valence-corrected chi connectivity index (χ0v) is 15.8. The van der Waals surface area contributed by atoms with Gasteiger partial charge in [0, 0.05) is 5.02 Å². The van der Waals surface area contributed by atoms with Gasteiger partial charge in [-0.05, 0) is 47.0 Å². The molecular weight excluding hydrogens is 429 g/mol. The minimum atomic E-state index is -4.62. The molecule has 3 aromatic rings. The molecule has 0 atom stereocenters. The van der Waals surface area contributed by atoms with E-state index in [1.807, 2.05) is 0 Å². The molecule has 3 nitrogen and oxygen atoms in total. The van der Waals surface area contributed by atoms with Crippen LogP contribution in [0.1, 0.15) is 21.5 Å². The molecule has 3 rings (SSSR count). The van der Waals surface area contributed by atoms with Crippen LogP contribution >= 0.6 is 11.6 Å². The van der Waals surface area contributed by atoms with Crippen LogP contribution in [0.4, 0.5) is 22.0 Å². The molecule has 0 aliphatic carbocycles. The van der Waals surface area contributed by atoms with Crippen molar-refractivity contribution in [2.75, 3.05) is 0 Å². The molecule has 1 amide bonds. The van der Waals surface area contributed by atoms with Gasteiger partial charge in [-0.2, -0.15) is 13.2 Å². The fraction of sp³-hybridized carbons (Fsp3) is 0.0952. The van der Waals surface area contributed by atoms with Crippen LogP contribution in [0.15, 0.2) is 54.6 Å². The molecule has 0 unspecified atom stereocenters. The van der Waals surface area contributed by atoms with Crippen LogP contribution in [0.5, 0.6) is 5.75 Å². The highest BCUT2D eigenvalue weighted by atomic mass is 35.5. The summed E-state index contributed by atoms with van der Waals surface area (Å²) >= 11 is 5.70. The van der Waals surface area contributed by atoms with E-state index in [1.54, 1.807) is 6.07 Å². The first kappa shape index (κ1) is 21.6. The van der Waals surface area contributed by atoms with Gasteiger partial charge in [0.15, 0.2) is 11.6 Å². The molecule has 9 heteroatoms. The third kappa shape index (κ3) is 4.54. The van der Waals surface area contributed by atoms with Crippen molar-refractivity contribution in [2.45, 2.75) is 12.8 Å². The normalized spacial score (nSPS) is 11.4. The van der Waals surface area contributed by atoms with Crippen molar-refractivity contribution < 1.29 is 31.5 Å². The zero-order valence-electron chi connectivity index (χ0n) is 15.1. The van der Waals surface area contributed by atoms with E-state index in [4.69, 9.17) is 22.1 Å². The van der Waals surface area contributed by atoms with Gasteiger partial charge in [0.25, 0.3) is 5.91 Å². The maximum Gasteiger partial charge on any atom is 0.417 e. The molecule has 2 N–H and O–H groups in total. The number of hydrogen-bond acceptors (Lipinski definition) is 2. The number of primary amides is 1. The first-order valence-corrected chi connectivity index (χ1v) is 8.82. The van der Waals surface area contributed by atoms with Gasteiger partial charge in [0.1, 0.15) is 18.0 Å². The number of alkyl halides is 3. The summed E-state index contributed by atoms with van der Waals surface area (Å²) in [7, 11) is 0. The number of halogens is 6. The molecule has 0 fully saturated rings. The number of benzene rings is 3. The molecule has 0 aromatic heterocycles. The van der Waals surface area contributed by atoms with Crippen molar-refractivity contribution in [3.05, 3.63) is 87.9 Å². The average molecular weight is 442 g/mol. The molecule has 30 heavy (non-hydrogen) atoms. The molecule has 0 saturated heterocycles. The summed E-state index contributed by atoms with van der Waals surface area (Å²) in [6, 6.07) is 11.2. The Morgan fingerprint density at radius 1 is 1.03 bits per heavy atom. The predicted octanol–water partition coefficient (Wildman–Crippen LogP) is 5.98. The lowest BCUT2D eigenvalue weighted by Crippen LogP contribution is -2.16. The van der Waals surface area contributed by atoms with Crippen LogP contribution in [-0.2, 0) is 12.8 Å². The number of amides is 1. The molecule has 0 heterocycles. The Morgan fingerprint density at radius 2 is 1.77 bits per heavy atom. The Balaban J connectivity index is 1.90. The quantitative estimate of drug-likeness (QED) is 0.495. The van der Waals surface area contributed by atoms with Crippen molar-refractivity contribution >= 4 is 17.5 Å². The molecule has 0 spiro atoms. The molecule has 0 aliphatic rings. The van der Waals surface area contributed by atoms with Crippen molar-refractivity contribution in [3.8, 4) is 16.9 Å². The van der Waals surface area contributed by atoms with Crippen molar-refractivity contribution in [1.29, 1.82) is 0 Å². The van der Waals surface area contributed by atoms with Gasteiger partial charge in [-0.3, -0.25) is 4.79 Å². The molecule has 0 bridgehead atoms. The van der Waals surface area contributed by atoms with Crippen LogP contribution in [0.2, 0.25) is 5.02 Å². The minimum Gasteiger partial charge on any atom is -0.486 e. The standard InChI is InChI=1S/C21H13ClF5NO2/c22-13-4-5-14(15(9-13)21(25,26)27)12-3-1-2-11(8-12)10-30-17-7-6-16(23)18(19(17)24)20(28)29/h1-9H,10H2,(H2,28,29). The van der Waals surface area contributed by atoms with Crippen molar-refractivity contribution in [1.82, 2.24) is 0 Å². The number of hydrogen-bond donors (Lipinski definition) is 1. The Bertz CT molecular complexity index is 1120. The summed E-state index contributed by atoms with van der Waals surface area (Å²) < 4.78 is 73.2. The highest BCUT2D eigenvalue weighted by Gasteiger charge is 2.34. The highest BCUT2D eigenvalue weighted by molar-refractivity contribution is 6.30. The second-order valence-corrected chi connectivity index (χ2v) is 6.71. The van der Waals surface area contributed by atoms with Gasteiger partial charge < -0.3 is 10.5 Å². The Kier molecular flexibility index (Phi) is 5.98. The minimum absolute atomic E-state index is 0.0531. The van der Waals surface area contributed by atoms with Crippen LogP contribution in [0.3, 0.4) is 0 Å². The van der Waals surface area contributed by atoms with E-state index in [2.05, 4.69) is 0 Å². The van der Waals surface area contributed by atoms with E-state index in [9.17, 15) is 26.7 Å². The zero-order chi connectivity index (χ0) is 22.1. The average Bonchev–Trinajstić information content (AvgIpc) is 2.66. The van der Waals surface area contributed by atoms with E-state index in [-0.39, 0.29) is 22.8 Å². The number of carbonyl (C=O) groups is 1. The lowest BCUT2D eigenvalue weighted by molar-refractivity contribution is -0.137. The summed E-state index contributed by atoms with van der Waals surface area (Å²) in [5.41, 5.74) is 3.71. The summed E-state index contributed by atoms with van der Waals surface area (Å²) in [6.07, 6.45) is -4.62. The fourth-order valence-corrected chi connectivity index (χ4v) is 3.04. The molecule has 0 radical (unpaired) electrons. The van der Waals surface area contributed by atoms with Crippen molar-refractivity contribution in [3.63, 3.8) is 0 Å². The second-order valence-electron chi connectivity index (χ2n) is 6.28. The summed E-state index contributed by atoms with van der Waals surface area (Å²) in [4.78, 5) is 11.2.